The molecule has 1 aromatic carbocycles. The zero-order valence-corrected chi connectivity index (χ0v) is 15.5. The summed E-state index contributed by atoms with van der Waals surface area (Å²) < 4.78 is 0. The minimum Gasteiger partial charge on any atom is -0.336 e. The van der Waals surface area contributed by atoms with Crippen molar-refractivity contribution in [2.24, 2.45) is 5.92 Å². The molecular formula is C19H24N4O3. The third-order valence-electron chi connectivity index (χ3n) is 5.06. The predicted octanol–water partition coefficient (Wildman–Crippen LogP) is 1.90. The van der Waals surface area contributed by atoms with Gasteiger partial charge in [0.1, 0.15) is 17.6 Å². The summed E-state index contributed by atoms with van der Waals surface area (Å²) in [6.07, 6.45) is 0.363. The number of urea groups is 1. The number of nitrogens with zero attached hydrogens (tertiary/aromatic N) is 2. The summed E-state index contributed by atoms with van der Waals surface area (Å²) in [4.78, 5) is 38.6. The highest BCUT2D eigenvalue weighted by molar-refractivity contribution is 6.09. The predicted molar refractivity (Wildman–Crippen MR) is 95.7 cm³/mol. The van der Waals surface area contributed by atoms with Gasteiger partial charge in [0, 0.05) is 0 Å². The standard InChI is InChI=1S/C19H24N4O3/c1-5-19(14-9-7-6-8-10-14)16(25)23(17(26)22-19)11-15(24)21-18(4,12-20)13(2)3/h6-10,13H,5,11H2,1-4H3,(H,21,24)(H,22,26). The Labute approximate surface area is 153 Å². The van der Waals surface area contributed by atoms with Crippen molar-refractivity contribution in [2.45, 2.75) is 45.2 Å². The average Bonchev–Trinajstić information content (AvgIpc) is 2.87. The fourth-order valence-electron chi connectivity index (χ4n) is 2.91. The van der Waals surface area contributed by atoms with E-state index in [-0.39, 0.29) is 5.92 Å². The maximum Gasteiger partial charge on any atom is 0.325 e. The number of nitriles is 1. The second-order valence-corrected chi connectivity index (χ2v) is 6.96. The number of imide groups is 1. The molecule has 2 unspecified atom stereocenters. The molecule has 2 atom stereocenters. The molecule has 2 rings (SSSR count). The van der Waals surface area contributed by atoms with Crippen molar-refractivity contribution in [3.05, 3.63) is 35.9 Å². The molecule has 0 spiro atoms. The maximum atomic E-state index is 13.0. The first-order valence-electron chi connectivity index (χ1n) is 8.62. The van der Waals surface area contributed by atoms with Gasteiger partial charge in [0.15, 0.2) is 0 Å². The number of hydrogen-bond acceptors (Lipinski definition) is 4. The summed E-state index contributed by atoms with van der Waals surface area (Å²) in [5.74, 6) is -1.14. The Hall–Kier alpha value is -2.88. The largest absolute Gasteiger partial charge is 0.336 e. The third kappa shape index (κ3) is 3.27. The van der Waals surface area contributed by atoms with Crippen LogP contribution in [0, 0.1) is 17.2 Å². The van der Waals surface area contributed by atoms with E-state index in [0.29, 0.717) is 12.0 Å². The van der Waals surface area contributed by atoms with Crippen molar-refractivity contribution < 1.29 is 14.4 Å². The Morgan fingerprint density at radius 3 is 2.46 bits per heavy atom. The lowest BCUT2D eigenvalue weighted by Crippen LogP contribution is -2.52. The number of rotatable bonds is 6. The van der Waals surface area contributed by atoms with E-state index in [4.69, 9.17) is 0 Å². The zero-order valence-electron chi connectivity index (χ0n) is 15.5. The molecule has 138 valence electrons. The Balaban J connectivity index is 2.22. The SMILES string of the molecule is CCC1(c2ccccc2)NC(=O)N(CC(=O)NC(C)(C#N)C(C)C)C1=O. The Bertz CT molecular complexity index is 756. The average molecular weight is 356 g/mol. The van der Waals surface area contributed by atoms with Gasteiger partial charge < -0.3 is 10.6 Å². The van der Waals surface area contributed by atoms with E-state index in [1.165, 1.54) is 0 Å². The van der Waals surface area contributed by atoms with E-state index in [9.17, 15) is 19.6 Å². The van der Waals surface area contributed by atoms with Gasteiger partial charge in [0.2, 0.25) is 5.91 Å². The first-order chi connectivity index (χ1) is 12.2. The second-order valence-electron chi connectivity index (χ2n) is 6.96. The van der Waals surface area contributed by atoms with Crippen molar-refractivity contribution >= 4 is 17.8 Å². The van der Waals surface area contributed by atoms with E-state index in [1.807, 2.05) is 19.9 Å². The molecular weight excluding hydrogens is 332 g/mol. The van der Waals surface area contributed by atoms with Crippen LogP contribution in [0.1, 0.15) is 39.7 Å². The molecule has 26 heavy (non-hydrogen) atoms. The third-order valence-corrected chi connectivity index (χ3v) is 5.06. The van der Waals surface area contributed by atoms with Crippen molar-refractivity contribution in [1.82, 2.24) is 15.5 Å². The molecule has 1 aromatic rings. The van der Waals surface area contributed by atoms with Gasteiger partial charge >= 0.3 is 6.03 Å². The van der Waals surface area contributed by atoms with Crippen LogP contribution in [0.3, 0.4) is 0 Å². The van der Waals surface area contributed by atoms with E-state index < -0.39 is 35.5 Å². The minimum atomic E-state index is -1.17. The highest BCUT2D eigenvalue weighted by Crippen LogP contribution is 2.32. The van der Waals surface area contributed by atoms with Gasteiger partial charge in [-0.1, -0.05) is 51.1 Å². The lowest BCUT2D eigenvalue weighted by Gasteiger charge is -2.28. The smallest absolute Gasteiger partial charge is 0.325 e. The number of amides is 4. The van der Waals surface area contributed by atoms with Crippen molar-refractivity contribution in [2.75, 3.05) is 6.54 Å². The van der Waals surface area contributed by atoms with E-state index in [0.717, 1.165) is 4.90 Å². The fourth-order valence-corrected chi connectivity index (χ4v) is 2.91. The molecule has 1 heterocycles. The summed E-state index contributed by atoms with van der Waals surface area (Å²) >= 11 is 0. The van der Waals surface area contributed by atoms with E-state index in [1.54, 1.807) is 38.1 Å². The second kappa shape index (κ2) is 7.16. The molecule has 0 saturated carbocycles. The molecule has 2 N–H and O–H groups in total. The highest BCUT2D eigenvalue weighted by Gasteiger charge is 2.51. The summed E-state index contributed by atoms with van der Waals surface area (Å²) in [6.45, 7) is 6.62. The van der Waals surface area contributed by atoms with Crippen LogP contribution in [0.25, 0.3) is 0 Å². The molecule has 1 aliphatic heterocycles. The molecule has 0 bridgehead atoms. The molecule has 0 aliphatic carbocycles. The number of carbonyl (C=O) groups excluding carboxylic acids is 3. The van der Waals surface area contributed by atoms with E-state index in [2.05, 4.69) is 16.7 Å². The molecule has 0 radical (unpaired) electrons. The first-order valence-corrected chi connectivity index (χ1v) is 8.62. The number of nitrogens with one attached hydrogen (secondary N) is 2. The van der Waals surface area contributed by atoms with E-state index >= 15 is 0 Å². The zero-order chi connectivity index (χ0) is 19.5. The topological polar surface area (TPSA) is 102 Å². The van der Waals surface area contributed by atoms with Crippen LogP contribution in [0.2, 0.25) is 0 Å². The minimum absolute atomic E-state index is 0.126. The maximum absolute atomic E-state index is 13.0. The first kappa shape index (κ1) is 19.4. The van der Waals surface area contributed by atoms with Gasteiger partial charge in [-0.15, -0.1) is 0 Å². The number of hydrogen-bond donors (Lipinski definition) is 2. The summed E-state index contributed by atoms with van der Waals surface area (Å²) in [5, 5.41) is 14.7. The van der Waals surface area contributed by atoms with Crippen molar-refractivity contribution in [3.63, 3.8) is 0 Å². The van der Waals surface area contributed by atoms with Gasteiger partial charge in [0.25, 0.3) is 5.91 Å². The van der Waals surface area contributed by atoms with Crippen LogP contribution in [-0.4, -0.2) is 34.8 Å². The molecule has 1 aliphatic rings. The van der Waals surface area contributed by atoms with Gasteiger partial charge in [-0.25, -0.2) is 4.79 Å². The van der Waals surface area contributed by atoms with Gasteiger partial charge in [-0.3, -0.25) is 14.5 Å². The van der Waals surface area contributed by atoms with Crippen LogP contribution in [-0.2, 0) is 15.1 Å². The lowest BCUT2D eigenvalue weighted by atomic mass is 9.87. The summed E-state index contributed by atoms with van der Waals surface area (Å²) in [7, 11) is 0. The van der Waals surface area contributed by atoms with Crippen LogP contribution in [0.4, 0.5) is 4.79 Å². The van der Waals surface area contributed by atoms with Crippen molar-refractivity contribution in [3.8, 4) is 6.07 Å². The quantitative estimate of drug-likeness (QED) is 0.760. The fraction of sp³-hybridized carbons (Fsp3) is 0.474. The van der Waals surface area contributed by atoms with Gasteiger partial charge in [-0.05, 0) is 24.8 Å². The Morgan fingerprint density at radius 1 is 1.35 bits per heavy atom. The Morgan fingerprint density at radius 2 is 1.96 bits per heavy atom. The van der Waals surface area contributed by atoms with Crippen LogP contribution < -0.4 is 10.6 Å². The van der Waals surface area contributed by atoms with Crippen LogP contribution in [0.5, 0.6) is 0 Å². The molecule has 4 amide bonds. The summed E-state index contributed by atoms with van der Waals surface area (Å²) in [6, 6.07) is 10.4. The van der Waals surface area contributed by atoms with Crippen LogP contribution in [0.15, 0.2) is 30.3 Å². The highest BCUT2D eigenvalue weighted by atomic mass is 16.2. The van der Waals surface area contributed by atoms with Gasteiger partial charge in [-0.2, -0.15) is 5.26 Å². The Kier molecular flexibility index (Phi) is 5.36. The summed E-state index contributed by atoms with van der Waals surface area (Å²) in [5.41, 5.74) is -1.57. The number of benzene rings is 1. The monoisotopic (exact) mass is 356 g/mol. The molecule has 1 saturated heterocycles. The molecule has 7 nitrogen and oxygen atoms in total. The van der Waals surface area contributed by atoms with Crippen LogP contribution >= 0.6 is 0 Å². The normalized spacial score (nSPS) is 21.9. The number of carbonyl (C=O) groups is 3. The van der Waals surface area contributed by atoms with Gasteiger partial charge in [0.05, 0.1) is 6.07 Å². The van der Waals surface area contributed by atoms with Crippen molar-refractivity contribution in [1.29, 1.82) is 5.26 Å². The molecule has 7 heteroatoms. The molecule has 0 aromatic heterocycles. The lowest BCUT2D eigenvalue weighted by molar-refractivity contribution is -0.135. The molecule has 1 fully saturated rings.